The molecule has 1 fully saturated rings. The first-order valence-electron chi connectivity index (χ1n) is 7.95. The van der Waals surface area contributed by atoms with Crippen molar-refractivity contribution < 1.29 is 14.7 Å². The first kappa shape index (κ1) is 16.2. The van der Waals surface area contributed by atoms with Crippen LogP contribution in [0.15, 0.2) is 43.0 Å². The number of carboxylic acid groups (broad SMARTS) is 1. The first-order chi connectivity index (χ1) is 11.6. The Morgan fingerprint density at radius 2 is 2.17 bits per heavy atom. The van der Waals surface area contributed by atoms with Crippen molar-refractivity contribution in [1.29, 1.82) is 0 Å². The van der Waals surface area contributed by atoms with Crippen molar-refractivity contribution in [1.82, 2.24) is 20.2 Å². The van der Waals surface area contributed by atoms with E-state index < -0.39 is 12.0 Å². The van der Waals surface area contributed by atoms with Gasteiger partial charge in [0.1, 0.15) is 6.04 Å². The number of aromatic nitrogens is 2. The number of hydrogen-bond donors (Lipinski definition) is 3. The maximum absolute atomic E-state index is 12.3. The number of hydrogen-bond acceptors (Lipinski definition) is 4. The van der Waals surface area contributed by atoms with Gasteiger partial charge in [-0.05, 0) is 24.5 Å². The molecule has 1 aliphatic rings. The van der Waals surface area contributed by atoms with Gasteiger partial charge in [0.15, 0.2) is 0 Å². The summed E-state index contributed by atoms with van der Waals surface area (Å²) in [5.41, 5.74) is 1.97. The lowest BCUT2D eigenvalue weighted by molar-refractivity contribution is -0.141. The number of para-hydroxylation sites is 1. The minimum Gasteiger partial charge on any atom is -0.480 e. The fraction of sp³-hybridized carbons (Fsp3) is 0.353. The van der Waals surface area contributed by atoms with Gasteiger partial charge >= 0.3 is 5.97 Å². The van der Waals surface area contributed by atoms with Crippen LogP contribution < -0.4 is 10.6 Å². The Bertz CT molecular complexity index is 706. The molecule has 1 aliphatic heterocycles. The van der Waals surface area contributed by atoms with E-state index in [9.17, 15) is 9.59 Å². The standard InChI is InChI=1S/C17H20N4O3/c22-16(13-5-6-14(17(23)24)19-10-13)20-9-12-3-1-2-4-15(12)21-8-7-18-11-21/h1-4,7-8,11,13-14,19H,5-6,9-10H2,(H,20,22)(H,23,24). The molecule has 7 nitrogen and oxygen atoms in total. The molecule has 0 radical (unpaired) electrons. The topological polar surface area (TPSA) is 96.2 Å². The minimum atomic E-state index is -0.858. The summed E-state index contributed by atoms with van der Waals surface area (Å²) in [5.74, 6) is -1.10. The summed E-state index contributed by atoms with van der Waals surface area (Å²) in [6.07, 6.45) is 6.34. The molecular formula is C17H20N4O3. The number of nitrogens with zero attached hydrogens (tertiary/aromatic N) is 2. The average Bonchev–Trinajstić information content (AvgIpc) is 3.14. The number of rotatable bonds is 5. The van der Waals surface area contributed by atoms with E-state index in [1.54, 1.807) is 12.5 Å². The van der Waals surface area contributed by atoms with Gasteiger partial charge in [0.2, 0.25) is 5.91 Å². The Kier molecular flexibility index (Phi) is 4.90. The largest absolute Gasteiger partial charge is 0.480 e. The Morgan fingerprint density at radius 3 is 2.83 bits per heavy atom. The van der Waals surface area contributed by atoms with Crippen LogP contribution in [0.3, 0.4) is 0 Å². The highest BCUT2D eigenvalue weighted by atomic mass is 16.4. The fourth-order valence-corrected chi connectivity index (χ4v) is 2.93. The number of carbonyl (C=O) groups excluding carboxylic acids is 1. The van der Waals surface area contributed by atoms with Gasteiger partial charge in [0.25, 0.3) is 0 Å². The summed E-state index contributed by atoms with van der Waals surface area (Å²) in [6.45, 7) is 0.817. The van der Waals surface area contributed by atoms with E-state index >= 15 is 0 Å². The van der Waals surface area contributed by atoms with E-state index in [0.29, 0.717) is 25.9 Å². The zero-order valence-electron chi connectivity index (χ0n) is 13.2. The smallest absolute Gasteiger partial charge is 0.320 e. The maximum atomic E-state index is 12.3. The lowest BCUT2D eigenvalue weighted by atomic mass is 9.94. The molecule has 2 heterocycles. The van der Waals surface area contributed by atoms with Gasteiger partial charge in [0, 0.05) is 25.5 Å². The third-order valence-electron chi connectivity index (χ3n) is 4.31. The monoisotopic (exact) mass is 328 g/mol. The van der Waals surface area contributed by atoms with Crippen LogP contribution in [0.1, 0.15) is 18.4 Å². The van der Waals surface area contributed by atoms with Crippen LogP contribution in [0, 0.1) is 5.92 Å². The number of carboxylic acids is 1. The molecule has 2 atom stereocenters. The third-order valence-corrected chi connectivity index (χ3v) is 4.31. The zero-order chi connectivity index (χ0) is 16.9. The van der Waals surface area contributed by atoms with Crippen LogP contribution in [-0.2, 0) is 16.1 Å². The number of carbonyl (C=O) groups is 2. The molecule has 1 saturated heterocycles. The summed E-state index contributed by atoms with van der Waals surface area (Å²) < 4.78 is 1.90. The zero-order valence-corrected chi connectivity index (χ0v) is 13.2. The molecule has 24 heavy (non-hydrogen) atoms. The molecule has 0 aliphatic carbocycles. The average molecular weight is 328 g/mol. The van der Waals surface area contributed by atoms with Crippen molar-refractivity contribution >= 4 is 11.9 Å². The normalized spacial score (nSPS) is 20.5. The van der Waals surface area contributed by atoms with Crippen molar-refractivity contribution in [3.8, 4) is 5.69 Å². The van der Waals surface area contributed by atoms with Crippen molar-refractivity contribution in [2.24, 2.45) is 5.92 Å². The van der Waals surface area contributed by atoms with Gasteiger partial charge in [0.05, 0.1) is 17.9 Å². The Morgan fingerprint density at radius 1 is 1.33 bits per heavy atom. The van der Waals surface area contributed by atoms with Crippen LogP contribution in [0.25, 0.3) is 5.69 Å². The van der Waals surface area contributed by atoms with Crippen LogP contribution in [0.5, 0.6) is 0 Å². The molecule has 7 heteroatoms. The lowest BCUT2D eigenvalue weighted by Gasteiger charge is -2.26. The Hall–Kier alpha value is -2.67. The number of amides is 1. The molecule has 0 saturated carbocycles. The maximum Gasteiger partial charge on any atom is 0.320 e. The molecule has 0 bridgehead atoms. The van der Waals surface area contributed by atoms with Gasteiger partial charge in [-0.1, -0.05) is 18.2 Å². The number of nitrogens with one attached hydrogen (secondary N) is 2. The highest BCUT2D eigenvalue weighted by Crippen LogP contribution is 2.17. The molecule has 0 spiro atoms. The van der Waals surface area contributed by atoms with E-state index in [-0.39, 0.29) is 11.8 Å². The van der Waals surface area contributed by atoms with Crippen molar-refractivity contribution in [2.75, 3.05) is 6.54 Å². The molecule has 1 aromatic carbocycles. The number of benzene rings is 1. The van der Waals surface area contributed by atoms with Crippen molar-refractivity contribution in [3.05, 3.63) is 48.5 Å². The first-order valence-corrected chi connectivity index (χ1v) is 7.95. The Balaban J connectivity index is 1.59. The molecule has 1 aromatic heterocycles. The van der Waals surface area contributed by atoms with Crippen LogP contribution in [0.2, 0.25) is 0 Å². The van der Waals surface area contributed by atoms with Crippen molar-refractivity contribution in [2.45, 2.75) is 25.4 Å². The van der Waals surface area contributed by atoms with Gasteiger partial charge in [-0.3, -0.25) is 9.59 Å². The molecule has 2 aromatic rings. The number of aliphatic carboxylic acids is 1. The van der Waals surface area contributed by atoms with Crippen molar-refractivity contribution in [3.63, 3.8) is 0 Å². The highest BCUT2D eigenvalue weighted by molar-refractivity contribution is 5.80. The second kappa shape index (κ2) is 7.27. The molecule has 2 unspecified atom stereocenters. The van der Waals surface area contributed by atoms with E-state index in [1.807, 2.05) is 35.0 Å². The molecule has 1 amide bonds. The van der Waals surface area contributed by atoms with E-state index in [0.717, 1.165) is 11.3 Å². The summed E-state index contributed by atoms with van der Waals surface area (Å²) in [5, 5.41) is 14.8. The SMILES string of the molecule is O=C(NCc1ccccc1-n1ccnc1)C1CCC(C(=O)O)NC1. The van der Waals surface area contributed by atoms with Crippen LogP contribution >= 0.6 is 0 Å². The van der Waals surface area contributed by atoms with Crippen LogP contribution in [-0.4, -0.2) is 39.1 Å². The molecule has 126 valence electrons. The summed E-state index contributed by atoms with van der Waals surface area (Å²) in [4.78, 5) is 27.3. The quantitative estimate of drug-likeness (QED) is 0.759. The molecule has 3 N–H and O–H groups in total. The van der Waals surface area contributed by atoms with Gasteiger partial charge in [-0.15, -0.1) is 0 Å². The predicted octanol–water partition coefficient (Wildman–Crippen LogP) is 0.941. The van der Waals surface area contributed by atoms with Gasteiger partial charge in [-0.25, -0.2) is 4.98 Å². The number of imidazole rings is 1. The summed E-state index contributed by atoms with van der Waals surface area (Å²) in [7, 11) is 0. The predicted molar refractivity (Wildman–Crippen MR) is 87.6 cm³/mol. The van der Waals surface area contributed by atoms with Gasteiger partial charge < -0.3 is 20.3 Å². The molecule has 3 rings (SSSR count). The Labute approximate surface area is 139 Å². The van der Waals surface area contributed by atoms with Crippen LogP contribution in [0.4, 0.5) is 0 Å². The second-order valence-corrected chi connectivity index (χ2v) is 5.89. The fourth-order valence-electron chi connectivity index (χ4n) is 2.93. The number of piperidine rings is 1. The summed E-state index contributed by atoms with van der Waals surface area (Å²) in [6, 6.07) is 7.27. The minimum absolute atomic E-state index is 0.0493. The van der Waals surface area contributed by atoms with E-state index in [2.05, 4.69) is 15.6 Å². The lowest BCUT2D eigenvalue weighted by Crippen LogP contribution is -2.48. The summed E-state index contributed by atoms with van der Waals surface area (Å²) >= 11 is 0. The second-order valence-electron chi connectivity index (χ2n) is 5.89. The van der Waals surface area contributed by atoms with Gasteiger partial charge in [-0.2, -0.15) is 0 Å². The third kappa shape index (κ3) is 3.62. The van der Waals surface area contributed by atoms with E-state index in [1.165, 1.54) is 0 Å². The molecular weight excluding hydrogens is 308 g/mol. The van der Waals surface area contributed by atoms with E-state index in [4.69, 9.17) is 5.11 Å². The highest BCUT2D eigenvalue weighted by Gasteiger charge is 2.29.